The summed E-state index contributed by atoms with van der Waals surface area (Å²) < 4.78 is 7.03. The Morgan fingerprint density at radius 3 is 2.58 bits per heavy atom. The lowest BCUT2D eigenvalue weighted by atomic mass is 9.95. The molecule has 38 heavy (non-hydrogen) atoms. The molecule has 1 amide bonds. The van der Waals surface area contributed by atoms with Gasteiger partial charge >= 0.3 is 0 Å². The Balaban J connectivity index is 1.47. The molecule has 2 N–H and O–H groups in total. The molecule has 1 unspecified atom stereocenters. The van der Waals surface area contributed by atoms with Crippen LogP contribution < -0.4 is 15.4 Å². The van der Waals surface area contributed by atoms with Crippen LogP contribution in [0, 0.1) is 0 Å². The van der Waals surface area contributed by atoms with Gasteiger partial charge in [0, 0.05) is 27.1 Å². The van der Waals surface area contributed by atoms with E-state index < -0.39 is 6.04 Å². The van der Waals surface area contributed by atoms with Crippen molar-refractivity contribution in [2.45, 2.75) is 28.8 Å². The molecule has 0 saturated heterocycles. The molecule has 2 heterocycles. The number of carbonyl (C=O) groups is 1. The first-order chi connectivity index (χ1) is 18.4. The lowest BCUT2D eigenvalue weighted by molar-refractivity contribution is -0.113. The quantitative estimate of drug-likeness (QED) is 0.226. The Kier molecular flexibility index (Phi) is 7.97. The van der Waals surface area contributed by atoms with Crippen molar-refractivity contribution in [2.24, 2.45) is 0 Å². The van der Waals surface area contributed by atoms with Crippen LogP contribution in [-0.2, 0) is 10.5 Å². The van der Waals surface area contributed by atoms with Gasteiger partial charge in [-0.3, -0.25) is 4.79 Å². The molecule has 0 fully saturated rings. The lowest BCUT2D eigenvalue weighted by Crippen LogP contribution is -2.31. The molecule has 3 aromatic carbocycles. The van der Waals surface area contributed by atoms with Crippen LogP contribution in [0.3, 0.4) is 0 Å². The summed E-state index contributed by atoms with van der Waals surface area (Å²) in [5.41, 5.74) is 4.00. The van der Waals surface area contributed by atoms with E-state index >= 15 is 0 Å². The highest BCUT2D eigenvalue weighted by Crippen LogP contribution is 2.37. The minimum absolute atomic E-state index is 0.214. The number of anilines is 2. The van der Waals surface area contributed by atoms with Crippen LogP contribution in [0.4, 0.5) is 11.6 Å². The van der Waals surface area contributed by atoms with Gasteiger partial charge in [0.15, 0.2) is 0 Å². The summed E-state index contributed by atoms with van der Waals surface area (Å²) in [5, 5.41) is 12.5. The number of benzene rings is 3. The van der Waals surface area contributed by atoms with Crippen molar-refractivity contribution < 1.29 is 9.53 Å². The van der Waals surface area contributed by atoms with E-state index in [-0.39, 0.29) is 5.91 Å². The second-order valence-electron chi connectivity index (χ2n) is 8.60. The number of thioether (sulfide) groups is 2. The van der Waals surface area contributed by atoms with Gasteiger partial charge in [-0.15, -0.1) is 16.9 Å². The summed E-state index contributed by atoms with van der Waals surface area (Å²) >= 11 is 9.34. The third-order valence-corrected chi connectivity index (χ3v) is 8.00. The van der Waals surface area contributed by atoms with Crippen molar-refractivity contribution in [3.05, 3.63) is 100 Å². The highest BCUT2D eigenvalue weighted by atomic mass is 35.5. The van der Waals surface area contributed by atoms with Gasteiger partial charge in [0.25, 0.3) is 5.91 Å². The molecule has 1 aliphatic heterocycles. The number of halogens is 1. The zero-order chi connectivity index (χ0) is 26.6. The molecule has 1 aliphatic rings. The molecule has 7 nitrogen and oxygen atoms in total. The maximum Gasteiger partial charge on any atom is 0.255 e. The van der Waals surface area contributed by atoms with E-state index in [9.17, 15) is 4.79 Å². The van der Waals surface area contributed by atoms with Gasteiger partial charge in [-0.2, -0.15) is 4.98 Å². The molecule has 10 heteroatoms. The number of hydrogen-bond acceptors (Lipinski definition) is 7. The second kappa shape index (κ2) is 11.6. The fourth-order valence-electron chi connectivity index (χ4n) is 4.23. The Morgan fingerprint density at radius 1 is 1.13 bits per heavy atom. The maximum atomic E-state index is 13.7. The summed E-state index contributed by atoms with van der Waals surface area (Å²) in [4.78, 5) is 19.5. The van der Waals surface area contributed by atoms with Gasteiger partial charge in [-0.25, -0.2) is 4.68 Å². The van der Waals surface area contributed by atoms with Crippen LogP contribution in [0.2, 0.25) is 5.02 Å². The molecule has 0 bridgehead atoms. The van der Waals surface area contributed by atoms with Crippen LogP contribution in [0.5, 0.6) is 5.75 Å². The Hall–Kier alpha value is -3.40. The van der Waals surface area contributed by atoms with E-state index in [1.165, 1.54) is 11.8 Å². The predicted molar refractivity (Wildman–Crippen MR) is 155 cm³/mol. The zero-order valence-corrected chi connectivity index (χ0v) is 23.5. The monoisotopic (exact) mass is 563 g/mol. The molecule has 1 atom stereocenters. The van der Waals surface area contributed by atoms with Crippen molar-refractivity contribution >= 4 is 52.7 Å². The second-order valence-corrected chi connectivity index (χ2v) is 10.9. The summed E-state index contributed by atoms with van der Waals surface area (Å²) in [6, 6.07) is 22.8. The lowest BCUT2D eigenvalue weighted by Gasteiger charge is -2.28. The van der Waals surface area contributed by atoms with Crippen molar-refractivity contribution in [3.63, 3.8) is 0 Å². The van der Waals surface area contributed by atoms with Crippen molar-refractivity contribution in [1.29, 1.82) is 0 Å². The summed E-state index contributed by atoms with van der Waals surface area (Å²) in [5.74, 6) is 1.78. The molecule has 5 rings (SSSR count). The van der Waals surface area contributed by atoms with E-state index in [0.29, 0.717) is 33.1 Å². The van der Waals surface area contributed by atoms with E-state index in [1.807, 2.05) is 73.8 Å². The number of rotatable bonds is 8. The SMILES string of the molecule is COc1ccc(NC(=O)C2=C(C)Nc3nc(SCc4cccc(Cl)c4)nn3C2c2ccc(SC)cc2)cc1. The van der Waals surface area contributed by atoms with Crippen LogP contribution >= 0.6 is 35.1 Å². The number of amides is 1. The van der Waals surface area contributed by atoms with Gasteiger partial charge in [0.2, 0.25) is 11.1 Å². The van der Waals surface area contributed by atoms with Crippen molar-refractivity contribution in [2.75, 3.05) is 24.0 Å². The number of aromatic nitrogens is 3. The predicted octanol–water partition coefficient (Wildman–Crippen LogP) is 6.88. The highest BCUT2D eigenvalue weighted by molar-refractivity contribution is 7.98. The first-order valence-corrected chi connectivity index (χ1v) is 14.4. The molecular weight excluding hydrogens is 538 g/mol. The van der Waals surface area contributed by atoms with Crippen LogP contribution in [0.1, 0.15) is 24.1 Å². The summed E-state index contributed by atoms with van der Waals surface area (Å²) in [6.45, 7) is 1.89. The Morgan fingerprint density at radius 2 is 1.89 bits per heavy atom. The number of methoxy groups -OCH3 is 1. The number of ether oxygens (including phenoxy) is 1. The summed E-state index contributed by atoms with van der Waals surface area (Å²) in [7, 11) is 1.61. The smallest absolute Gasteiger partial charge is 0.255 e. The third-order valence-electron chi connectivity index (χ3n) is 6.11. The van der Waals surface area contributed by atoms with E-state index in [0.717, 1.165) is 27.5 Å². The van der Waals surface area contributed by atoms with Crippen LogP contribution in [-0.4, -0.2) is 34.0 Å². The van der Waals surface area contributed by atoms with Gasteiger partial charge in [-0.1, -0.05) is 47.6 Å². The van der Waals surface area contributed by atoms with E-state index in [1.54, 1.807) is 23.6 Å². The first-order valence-electron chi connectivity index (χ1n) is 11.9. The Labute approximate surface area is 235 Å². The number of hydrogen-bond donors (Lipinski definition) is 2. The minimum Gasteiger partial charge on any atom is -0.497 e. The largest absolute Gasteiger partial charge is 0.497 e. The molecule has 0 spiro atoms. The number of fused-ring (bicyclic) bond motifs is 1. The first kappa shape index (κ1) is 26.2. The van der Waals surface area contributed by atoms with Gasteiger partial charge in [0.1, 0.15) is 11.8 Å². The zero-order valence-electron chi connectivity index (χ0n) is 21.1. The third kappa shape index (κ3) is 5.70. The molecule has 0 radical (unpaired) electrons. The van der Waals surface area contributed by atoms with Crippen molar-refractivity contribution in [1.82, 2.24) is 14.8 Å². The minimum atomic E-state index is -0.451. The van der Waals surface area contributed by atoms with E-state index in [4.69, 9.17) is 26.4 Å². The standard InChI is InChI=1S/C28H26ClN5O2S2/c1-17-24(26(35)31-21-9-11-22(36-2)12-10-21)25(19-7-13-23(37-3)14-8-19)34-27(30-17)32-28(33-34)38-16-18-5-4-6-20(29)15-18/h4-15,25H,16H2,1-3H3,(H,31,35)(H,30,32,33). The normalized spacial score (nSPS) is 14.6. The highest BCUT2D eigenvalue weighted by Gasteiger charge is 2.34. The van der Waals surface area contributed by atoms with E-state index in [2.05, 4.69) is 22.8 Å². The fraction of sp³-hybridized carbons (Fsp3) is 0.179. The van der Waals surface area contributed by atoms with Crippen molar-refractivity contribution in [3.8, 4) is 5.75 Å². The van der Waals surface area contributed by atoms with Crippen LogP contribution in [0.25, 0.3) is 0 Å². The Bertz CT molecular complexity index is 1490. The number of nitrogens with zero attached hydrogens (tertiary/aromatic N) is 3. The van der Waals surface area contributed by atoms with Gasteiger partial charge in [0.05, 0.1) is 12.7 Å². The molecule has 0 aliphatic carbocycles. The van der Waals surface area contributed by atoms with Gasteiger partial charge in [-0.05, 0) is 72.8 Å². The average Bonchev–Trinajstić information content (AvgIpc) is 3.34. The molecule has 1 aromatic heterocycles. The average molecular weight is 564 g/mol. The van der Waals surface area contributed by atoms with Gasteiger partial charge < -0.3 is 15.4 Å². The number of carbonyl (C=O) groups excluding carboxylic acids is 1. The topological polar surface area (TPSA) is 81.1 Å². The molecule has 194 valence electrons. The van der Waals surface area contributed by atoms with Crippen LogP contribution in [0.15, 0.2) is 94.1 Å². The molecule has 4 aromatic rings. The molecule has 0 saturated carbocycles. The maximum absolute atomic E-state index is 13.7. The fourth-order valence-corrected chi connectivity index (χ4v) is 5.62. The summed E-state index contributed by atoms with van der Waals surface area (Å²) in [6.07, 6.45) is 2.04. The molecular formula is C28H26ClN5O2S2. The number of nitrogens with one attached hydrogen (secondary N) is 2. The number of allylic oxidation sites excluding steroid dienone is 1.